The first-order valence-electron chi connectivity index (χ1n) is 7.31. The Morgan fingerprint density at radius 2 is 2.13 bits per heavy atom. The third-order valence-corrected chi connectivity index (χ3v) is 4.33. The Balaban J connectivity index is 2.04. The second-order valence-electron chi connectivity index (χ2n) is 5.04. The van der Waals surface area contributed by atoms with E-state index in [-0.39, 0.29) is 12.1 Å². The number of rotatable bonds is 5. The Morgan fingerprint density at radius 3 is 2.83 bits per heavy atom. The number of aromatic nitrogens is 2. The van der Waals surface area contributed by atoms with Crippen LogP contribution in [0.25, 0.3) is 21.3 Å². The van der Waals surface area contributed by atoms with Crippen LogP contribution in [0.1, 0.15) is 13.3 Å². The molecule has 6 heteroatoms. The first-order chi connectivity index (χ1) is 11.2. The summed E-state index contributed by atoms with van der Waals surface area (Å²) in [5.41, 5.74) is 1.60. The second-order valence-corrected chi connectivity index (χ2v) is 5.90. The minimum Gasteiger partial charge on any atom is -0.494 e. The number of fused-ring (bicyclic) bond motifs is 1. The van der Waals surface area contributed by atoms with E-state index < -0.39 is 0 Å². The summed E-state index contributed by atoms with van der Waals surface area (Å²) in [6, 6.07) is 9.66. The SMILES string of the molecule is CCCOc1ccc(-c2csc3ncn(CC#N)c(=O)c23)cc1. The van der Waals surface area contributed by atoms with E-state index in [4.69, 9.17) is 10.00 Å². The van der Waals surface area contributed by atoms with Gasteiger partial charge in [-0.1, -0.05) is 19.1 Å². The highest BCUT2D eigenvalue weighted by molar-refractivity contribution is 7.17. The summed E-state index contributed by atoms with van der Waals surface area (Å²) in [5.74, 6) is 0.815. The summed E-state index contributed by atoms with van der Waals surface area (Å²) in [7, 11) is 0. The fourth-order valence-corrected chi connectivity index (χ4v) is 3.23. The number of thiophene rings is 1. The molecule has 2 aromatic heterocycles. The standard InChI is InChI=1S/C17H15N3O2S/c1-2-9-22-13-5-3-12(4-6-13)14-10-23-16-15(14)17(21)20(8-7-18)11-19-16/h3-6,10-11H,2,8-9H2,1H3. The highest BCUT2D eigenvalue weighted by Crippen LogP contribution is 2.31. The van der Waals surface area contributed by atoms with Crippen LogP contribution >= 0.6 is 11.3 Å². The highest BCUT2D eigenvalue weighted by Gasteiger charge is 2.13. The first kappa shape index (κ1) is 15.3. The Hall–Kier alpha value is -2.65. The lowest BCUT2D eigenvalue weighted by molar-refractivity contribution is 0.317. The molecule has 0 radical (unpaired) electrons. The number of nitriles is 1. The van der Waals surface area contributed by atoms with Crippen LogP contribution in [0.5, 0.6) is 5.75 Å². The zero-order valence-corrected chi connectivity index (χ0v) is 13.5. The average molecular weight is 325 g/mol. The van der Waals surface area contributed by atoms with Crippen LogP contribution in [-0.2, 0) is 6.54 Å². The van der Waals surface area contributed by atoms with Crippen molar-refractivity contribution >= 4 is 21.6 Å². The predicted molar refractivity (Wildman–Crippen MR) is 90.7 cm³/mol. The van der Waals surface area contributed by atoms with E-state index in [0.29, 0.717) is 16.8 Å². The van der Waals surface area contributed by atoms with E-state index in [0.717, 1.165) is 23.3 Å². The second kappa shape index (κ2) is 6.63. The molecule has 23 heavy (non-hydrogen) atoms. The summed E-state index contributed by atoms with van der Waals surface area (Å²) in [4.78, 5) is 17.5. The van der Waals surface area contributed by atoms with Crippen LogP contribution in [-0.4, -0.2) is 16.2 Å². The van der Waals surface area contributed by atoms with Crippen LogP contribution in [0.4, 0.5) is 0 Å². The summed E-state index contributed by atoms with van der Waals surface area (Å²) < 4.78 is 6.91. The van der Waals surface area contributed by atoms with Crippen LogP contribution in [0.15, 0.2) is 40.8 Å². The van der Waals surface area contributed by atoms with Crippen LogP contribution < -0.4 is 10.3 Å². The predicted octanol–water partition coefficient (Wildman–Crippen LogP) is 3.44. The van der Waals surface area contributed by atoms with E-state index in [2.05, 4.69) is 11.9 Å². The summed E-state index contributed by atoms with van der Waals surface area (Å²) in [6.07, 6.45) is 2.39. The molecule has 1 aromatic carbocycles. The van der Waals surface area contributed by atoms with Crippen molar-refractivity contribution in [3.05, 3.63) is 46.3 Å². The molecule has 3 rings (SSSR count). The molecule has 0 aliphatic rings. The molecule has 0 amide bonds. The van der Waals surface area contributed by atoms with E-state index >= 15 is 0 Å². The average Bonchev–Trinajstić information content (AvgIpc) is 3.01. The van der Waals surface area contributed by atoms with E-state index in [1.165, 1.54) is 22.2 Å². The molecule has 0 spiro atoms. The van der Waals surface area contributed by atoms with Gasteiger partial charge in [0.15, 0.2) is 0 Å². The van der Waals surface area contributed by atoms with Gasteiger partial charge < -0.3 is 4.74 Å². The fraction of sp³-hybridized carbons (Fsp3) is 0.235. The highest BCUT2D eigenvalue weighted by atomic mass is 32.1. The molecule has 0 saturated carbocycles. The summed E-state index contributed by atoms with van der Waals surface area (Å²) >= 11 is 1.43. The molecule has 0 aliphatic heterocycles. The molecule has 3 aromatic rings. The van der Waals surface area contributed by atoms with E-state index in [1.807, 2.05) is 35.7 Å². The van der Waals surface area contributed by atoms with Crippen LogP contribution in [0, 0.1) is 11.3 Å². The van der Waals surface area contributed by atoms with Crippen molar-refractivity contribution < 1.29 is 4.74 Å². The monoisotopic (exact) mass is 325 g/mol. The van der Waals surface area contributed by atoms with Crippen molar-refractivity contribution in [2.45, 2.75) is 19.9 Å². The van der Waals surface area contributed by atoms with Crippen molar-refractivity contribution in [1.82, 2.24) is 9.55 Å². The Bertz CT molecular complexity index is 920. The number of nitrogens with zero attached hydrogens (tertiary/aromatic N) is 3. The Kier molecular flexibility index (Phi) is 4.40. The van der Waals surface area contributed by atoms with Gasteiger partial charge in [-0.05, 0) is 24.1 Å². The van der Waals surface area contributed by atoms with Gasteiger partial charge in [-0.25, -0.2) is 4.98 Å². The quantitative estimate of drug-likeness (QED) is 0.720. The molecule has 0 unspecified atom stereocenters. The molecule has 0 atom stereocenters. The lowest BCUT2D eigenvalue weighted by atomic mass is 10.1. The molecule has 0 N–H and O–H groups in total. The van der Waals surface area contributed by atoms with Gasteiger partial charge in [0.25, 0.3) is 5.56 Å². The molecule has 0 aliphatic carbocycles. The maximum atomic E-state index is 12.5. The molecule has 0 bridgehead atoms. The van der Waals surface area contributed by atoms with Crippen molar-refractivity contribution in [2.24, 2.45) is 0 Å². The molecular weight excluding hydrogens is 310 g/mol. The van der Waals surface area contributed by atoms with Gasteiger partial charge in [0.1, 0.15) is 23.5 Å². The van der Waals surface area contributed by atoms with Crippen molar-refractivity contribution in [3.8, 4) is 22.9 Å². The molecule has 0 fully saturated rings. The smallest absolute Gasteiger partial charge is 0.263 e. The van der Waals surface area contributed by atoms with Crippen LogP contribution in [0.2, 0.25) is 0 Å². The molecule has 2 heterocycles. The third kappa shape index (κ3) is 2.96. The Labute approximate surface area is 137 Å². The molecular formula is C17H15N3O2S. The maximum Gasteiger partial charge on any atom is 0.263 e. The number of benzene rings is 1. The van der Waals surface area contributed by atoms with Gasteiger partial charge in [-0.2, -0.15) is 5.26 Å². The summed E-state index contributed by atoms with van der Waals surface area (Å²) in [6.45, 7) is 2.75. The molecule has 0 saturated heterocycles. The minimum absolute atomic E-state index is 0.000849. The zero-order chi connectivity index (χ0) is 16.2. The largest absolute Gasteiger partial charge is 0.494 e. The maximum absolute atomic E-state index is 12.5. The van der Waals surface area contributed by atoms with Crippen molar-refractivity contribution in [3.63, 3.8) is 0 Å². The van der Waals surface area contributed by atoms with Gasteiger partial charge in [0.2, 0.25) is 0 Å². The molecule has 116 valence electrons. The van der Waals surface area contributed by atoms with Gasteiger partial charge >= 0.3 is 0 Å². The number of ether oxygens (including phenoxy) is 1. The Morgan fingerprint density at radius 1 is 1.35 bits per heavy atom. The van der Waals surface area contributed by atoms with Crippen LogP contribution in [0.3, 0.4) is 0 Å². The van der Waals surface area contributed by atoms with Crippen molar-refractivity contribution in [1.29, 1.82) is 5.26 Å². The first-order valence-corrected chi connectivity index (χ1v) is 8.19. The molecule has 5 nitrogen and oxygen atoms in total. The summed E-state index contributed by atoms with van der Waals surface area (Å²) in [5, 5.41) is 11.3. The lowest BCUT2D eigenvalue weighted by Gasteiger charge is -2.06. The minimum atomic E-state index is -0.181. The van der Waals surface area contributed by atoms with Gasteiger partial charge in [-0.15, -0.1) is 11.3 Å². The number of hydrogen-bond donors (Lipinski definition) is 0. The van der Waals surface area contributed by atoms with Crippen molar-refractivity contribution in [2.75, 3.05) is 6.61 Å². The fourth-order valence-electron chi connectivity index (χ4n) is 2.32. The third-order valence-electron chi connectivity index (χ3n) is 3.44. The van der Waals surface area contributed by atoms with Gasteiger partial charge in [0.05, 0.1) is 18.1 Å². The lowest BCUT2D eigenvalue weighted by Crippen LogP contribution is -2.19. The topological polar surface area (TPSA) is 67.9 Å². The zero-order valence-electron chi connectivity index (χ0n) is 12.7. The van der Waals surface area contributed by atoms with Gasteiger partial charge in [0, 0.05) is 10.9 Å². The van der Waals surface area contributed by atoms with Gasteiger partial charge in [-0.3, -0.25) is 9.36 Å². The van der Waals surface area contributed by atoms with E-state index in [9.17, 15) is 4.79 Å². The normalized spacial score (nSPS) is 10.6. The van der Waals surface area contributed by atoms with E-state index in [1.54, 1.807) is 0 Å². The number of hydrogen-bond acceptors (Lipinski definition) is 5.